The summed E-state index contributed by atoms with van der Waals surface area (Å²) in [6, 6.07) is 18.8. The van der Waals surface area contributed by atoms with E-state index in [1.54, 1.807) is 0 Å². The number of benzene rings is 2. The van der Waals surface area contributed by atoms with E-state index in [0.717, 1.165) is 18.4 Å². The Kier molecular flexibility index (Phi) is 3.67. The molecular formula is C20H22O. The molecule has 0 aliphatic heterocycles. The van der Waals surface area contributed by atoms with Crippen LogP contribution in [-0.2, 0) is 16.6 Å². The lowest BCUT2D eigenvalue weighted by Gasteiger charge is -2.15. The first-order valence-corrected chi connectivity index (χ1v) is 7.79. The number of rotatable bonds is 5. The average molecular weight is 278 g/mol. The summed E-state index contributed by atoms with van der Waals surface area (Å²) in [5.41, 5.74) is 3.45. The highest BCUT2D eigenvalue weighted by Crippen LogP contribution is 2.49. The minimum Gasteiger partial charge on any atom is -0.298 e. The highest BCUT2D eigenvalue weighted by molar-refractivity contribution is 5.94. The molecule has 1 fully saturated rings. The maximum atomic E-state index is 12.7. The molecule has 1 saturated carbocycles. The van der Waals surface area contributed by atoms with Gasteiger partial charge >= 0.3 is 0 Å². The van der Waals surface area contributed by atoms with Crippen molar-refractivity contribution in [2.45, 2.75) is 44.4 Å². The average Bonchev–Trinajstić information content (AvgIpc) is 3.30. The molecule has 0 amide bonds. The summed E-state index contributed by atoms with van der Waals surface area (Å²) in [5.74, 6) is 0.903. The van der Waals surface area contributed by atoms with E-state index in [4.69, 9.17) is 0 Å². The number of carbonyl (C=O) groups excluding carboxylic acids is 1. The second-order valence-electron chi connectivity index (χ2n) is 6.44. The van der Waals surface area contributed by atoms with E-state index in [9.17, 15) is 4.79 Å². The maximum absolute atomic E-state index is 12.7. The van der Waals surface area contributed by atoms with Crippen molar-refractivity contribution >= 4 is 5.78 Å². The van der Waals surface area contributed by atoms with E-state index < -0.39 is 0 Å². The minimum atomic E-state index is -0.196. The smallest absolute Gasteiger partial charge is 0.147 e. The topological polar surface area (TPSA) is 17.1 Å². The van der Waals surface area contributed by atoms with E-state index in [1.165, 1.54) is 11.1 Å². The standard InChI is InChI=1S/C20H22O/c1-15(2)17-10-8-16(9-11-17)14-19(21)20(12-13-20)18-6-4-3-5-7-18/h3-11,15H,12-14H2,1-2H3. The zero-order valence-corrected chi connectivity index (χ0v) is 12.8. The predicted octanol–water partition coefficient (Wildman–Crippen LogP) is 4.65. The van der Waals surface area contributed by atoms with Crippen molar-refractivity contribution in [1.29, 1.82) is 0 Å². The van der Waals surface area contributed by atoms with Crippen LogP contribution in [0.5, 0.6) is 0 Å². The second-order valence-corrected chi connectivity index (χ2v) is 6.44. The molecule has 108 valence electrons. The van der Waals surface area contributed by atoms with Crippen molar-refractivity contribution in [3.63, 3.8) is 0 Å². The van der Waals surface area contributed by atoms with E-state index in [-0.39, 0.29) is 5.41 Å². The van der Waals surface area contributed by atoms with Crippen LogP contribution in [0.3, 0.4) is 0 Å². The molecule has 0 spiro atoms. The van der Waals surface area contributed by atoms with Gasteiger partial charge in [-0.05, 0) is 35.4 Å². The normalized spacial score (nSPS) is 16.0. The van der Waals surface area contributed by atoms with Crippen LogP contribution in [0.15, 0.2) is 54.6 Å². The highest BCUT2D eigenvalue weighted by atomic mass is 16.1. The van der Waals surface area contributed by atoms with Gasteiger partial charge in [-0.1, -0.05) is 68.4 Å². The van der Waals surface area contributed by atoms with E-state index in [1.807, 2.05) is 18.2 Å². The zero-order valence-electron chi connectivity index (χ0n) is 12.8. The van der Waals surface area contributed by atoms with Crippen LogP contribution in [0.25, 0.3) is 0 Å². The van der Waals surface area contributed by atoms with Gasteiger partial charge in [-0.2, -0.15) is 0 Å². The number of Topliss-reactive ketones (excluding diaryl/α,β-unsaturated/α-hetero) is 1. The fourth-order valence-corrected chi connectivity index (χ4v) is 2.99. The lowest BCUT2D eigenvalue weighted by molar-refractivity contribution is -0.120. The lowest BCUT2D eigenvalue weighted by Crippen LogP contribution is -2.22. The van der Waals surface area contributed by atoms with Crippen LogP contribution in [0.1, 0.15) is 49.3 Å². The van der Waals surface area contributed by atoms with Crippen molar-refractivity contribution in [2.24, 2.45) is 0 Å². The number of hydrogen-bond acceptors (Lipinski definition) is 1. The number of hydrogen-bond donors (Lipinski definition) is 0. The van der Waals surface area contributed by atoms with Crippen molar-refractivity contribution in [1.82, 2.24) is 0 Å². The molecule has 1 aliphatic carbocycles. The fourth-order valence-electron chi connectivity index (χ4n) is 2.99. The van der Waals surface area contributed by atoms with Crippen molar-refractivity contribution < 1.29 is 4.79 Å². The van der Waals surface area contributed by atoms with Crippen LogP contribution >= 0.6 is 0 Å². The third-order valence-corrected chi connectivity index (χ3v) is 4.62. The Labute approximate surface area is 127 Å². The van der Waals surface area contributed by atoms with E-state index in [2.05, 4.69) is 50.2 Å². The van der Waals surface area contributed by atoms with E-state index in [0.29, 0.717) is 18.1 Å². The fraction of sp³-hybridized carbons (Fsp3) is 0.350. The summed E-state index contributed by atoms with van der Waals surface area (Å²) < 4.78 is 0. The molecular weight excluding hydrogens is 256 g/mol. The second kappa shape index (κ2) is 5.48. The van der Waals surface area contributed by atoms with Crippen molar-refractivity contribution in [3.05, 3.63) is 71.3 Å². The van der Waals surface area contributed by atoms with Gasteiger partial charge in [0.15, 0.2) is 0 Å². The Balaban J connectivity index is 1.75. The molecule has 0 saturated heterocycles. The Bertz CT molecular complexity index is 619. The summed E-state index contributed by atoms with van der Waals surface area (Å²) in [6.07, 6.45) is 2.55. The molecule has 2 aromatic rings. The molecule has 0 atom stereocenters. The van der Waals surface area contributed by atoms with Gasteiger partial charge in [-0.25, -0.2) is 0 Å². The molecule has 0 heterocycles. The molecule has 0 unspecified atom stereocenters. The first-order chi connectivity index (χ1) is 10.1. The summed E-state index contributed by atoms with van der Waals surface area (Å²) >= 11 is 0. The summed E-state index contributed by atoms with van der Waals surface area (Å²) in [6.45, 7) is 4.38. The Morgan fingerprint density at radius 3 is 2.14 bits per heavy atom. The van der Waals surface area contributed by atoms with Crippen LogP contribution in [0, 0.1) is 0 Å². The molecule has 2 aromatic carbocycles. The molecule has 0 N–H and O–H groups in total. The Hall–Kier alpha value is -1.89. The first kappa shape index (κ1) is 14.1. The number of carbonyl (C=O) groups is 1. The van der Waals surface area contributed by atoms with Gasteiger partial charge in [0.05, 0.1) is 5.41 Å². The summed E-state index contributed by atoms with van der Waals surface area (Å²) in [5, 5.41) is 0. The van der Waals surface area contributed by atoms with Crippen molar-refractivity contribution in [2.75, 3.05) is 0 Å². The van der Waals surface area contributed by atoms with Crippen LogP contribution < -0.4 is 0 Å². The molecule has 0 aromatic heterocycles. The van der Waals surface area contributed by atoms with E-state index >= 15 is 0 Å². The third-order valence-electron chi connectivity index (χ3n) is 4.62. The third kappa shape index (κ3) is 2.78. The lowest BCUT2D eigenvalue weighted by atomic mass is 9.87. The molecule has 1 heteroatoms. The molecule has 1 aliphatic rings. The maximum Gasteiger partial charge on any atom is 0.147 e. The van der Waals surface area contributed by atoms with Gasteiger partial charge < -0.3 is 0 Å². The van der Waals surface area contributed by atoms with Gasteiger partial charge in [0.25, 0.3) is 0 Å². The largest absolute Gasteiger partial charge is 0.298 e. The summed E-state index contributed by atoms with van der Waals surface area (Å²) in [4.78, 5) is 12.7. The Morgan fingerprint density at radius 1 is 1.00 bits per heavy atom. The van der Waals surface area contributed by atoms with Crippen LogP contribution in [-0.4, -0.2) is 5.78 Å². The van der Waals surface area contributed by atoms with Gasteiger partial charge in [-0.15, -0.1) is 0 Å². The van der Waals surface area contributed by atoms with Gasteiger partial charge in [0.2, 0.25) is 0 Å². The molecule has 0 radical (unpaired) electrons. The Morgan fingerprint density at radius 2 is 1.62 bits per heavy atom. The minimum absolute atomic E-state index is 0.196. The van der Waals surface area contributed by atoms with Gasteiger partial charge in [-0.3, -0.25) is 4.79 Å². The number of ketones is 1. The quantitative estimate of drug-likeness (QED) is 0.778. The first-order valence-electron chi connectivity index (χ1n) is 7.79. The van der Waals surface area contributed by atoms with Crippen LogP contribution in [0.2, 0.25) is 0 Å². The highest BCUT2D eigenvalue weighted by Gasteiger charge is 2.50. The van der Waals surface area contributed by atoms with Crippen LogP contribution in [0.4, 0.5) is 0 Å². The predicted molar refractivity (Wildman–Crippen MR) is 86.6 cm³/mol. The molecule has 3 rings (SSSR count). The summed E-state index contributed by atoms with van der Waals surface area (Å²) in [7, 11) is 0. The SMILES string of the molecule is CC(C)c1ccc(CC(=O)C2(c3ccccc3)CC2)cc1. The molecule has 1 nitrogen and oxygen atoms in total. The molecule has 0 bridgehead atoms. The van der Waals surface area contributed by atoms with Crippen molar-refractivity contribution in [3.8, 4) is 0 Å². The zero-order chi connectivity index (χ0) is 14.9. The monoisotopic (exact) mass is 278 g/mol. The molecule has 21 heavy (non-hydrogen) atoms. The van der Waals surface area contributed by atoms with Gasteiger partial charge in [0.1, 0.15) is 5.78 Å². The van der Waals surface area contributed by atoms with Gasteiger partial charge in [0, 0.05) is 6.42 Å².